The largest absolute Gasteiger partial charge is 0.482 e. The SMILES string of the molecule is O=C(CN1C(=O)COc2ccc([N+](=O)[O-])cc21)NCCSCc1cccs1. The first-order chi connectivity index (χ1) is 13.0. The van der Waals surface area contributed by atoms with Gasteiger partial charge in [0.2, 0.25) is 5.91 Å². The second-order valence-corrected chi connectivity index (χ2v) is 7.80. The van der Waals surface area contributed by atoms with Crippen molar-refractivity contribution in [2.24, 2.45) is 0 Å². The lowest BCUT2D eigenvalue weighted by Gasteiger charge is -2.28. The fourth-order valence-electron chi connectivity index (χ4n) is 2.51. The van der Waals surface area contributed by atoms with Crippen LogP contribution in [0.5, 0.6) is 5.75 Å². The number of fused-ring (bicyclic) bond motifs is 1. The van der Waals surface area contributed by atoms with Crippen molar-refractivity contribution >= 4 is 46.3 Å². The van der Waals surface area contributed by atoms with Crippen LogP contribution >= 0.6 is 23.1 Å². The number of amides is 2. The van der Waals surface area contributed by atoms with Crippen LogP contribution in [0.1, 0.15) is 4.88 Å². The van der Waals surface area contributed by atoms with Crippen LogP contribution in [0.25, 0.3) is 0 Å². The van der Waals surface area contributed by atoms with E-state index in [4.69, 9.17) is 4.74 Å². The van der Waals surface area contributed by atoms with Crippen molar-refractivity contribution in [3.8, 4) is 5.75 Å². The van der Waals surface area contributed by atoms with E-state index in [9.17, 15) is 19.7 Å². The highest BCUT2D eigenvalue weighted by Gasteiger charge is 2.29. The molecule has 2 heterocycles. The molecule has 2 aromatic rings. The second kappa shape index (κ2) is 8.87. The molecule has 27 heavy (non-hydrogen) atoms. The molecule has 2 amide bonds. The maximum Gasteiger partial charge on any atom is 0.271 e. The molecule has 0 saturated heterocycles. The summed E-state index contributed by atoms with van der Waals surface area (Å²) in [5.74, 6) is 1.26. The molecular weight excluding hydrogens is 390 g/mol. The van der Waals surface area contributed by atoms with Crippen LogP contribution in [0.15, 0.2) is 35.7 Å². The molecule has 0 radical (unpaired) electrons. The summed E-state index contributed by atoms with van der Waals surface area (Å²) in [5.41, 5.74) is 0.0742. The van der Waals surface area contributed by atoms with Crippen LogP contribution in [0.4, 0.5) is 11.4 Å². The minimum absolute atomic E-state index is 0.164. The average molecular weight is 407 g/mol. The zero-order valence-electron chi connectivity index (χ0n) is 14.3. The van der Waals surface area contributed by atoms with E-state index in [2.05, 4.69) is 11.4 Å². The molecule has 8 nitrogen and oxygen atoms in total. The number of non-ortho nitro benzene ring substituents is 1. The highest BCUT2D eigenvalue weighted by Crippen LogP contribution is 2.35. The maximum absolute atomic E-state index is 12.2. The third kappa shape index (κ3) is 4.98. The Morgan fingerprint density at radius 2 is 2.26 bits per heavy atom. The number of nitro benzene ring substituents is 1. The average Bonchev–Trinajstić information content (AvgIpc) is 3.17. The number of thiophene rings is 1. The third-order valence-electron chi connectivity index (χ3n) is 3.79. The van der Waals surface area contributed by atoms with E-state index in [0.29, 0.717) is 12.3 Å². The number of nitrogens with one attached hydrogen (secondary N) is 1. The number of thioether (sulfide) groups is 1. The summed E-state index contributed by atoms with van der Waals surface area (Å²) in [6.07, 6.45) is 0. The first-order valence-corrected chi connectivity index (χ1v) is 10.2. The highest BCUT2D eigenvalue weighted by molar-refractivity contribution is 7.98. The van der Waals surface area contributed by atoms with E-state index in [1.165, 1.54) is 28.0 Å². The summed E-state index contributed by atoms with van der Waals surface area (Å²) in [7, 11) is 0. The summed E-state index contributed by atoms with van der Waals surface area (Å²) >= 11 is 3.41. The van der Waals surface area contributed by atoms with E-state index in [1.807, 2.05) is 11.4 Å². The Hall–Kier alpha value is -2.59. The summed E-state index contributed by atoms with van der Waals surface area (Å²) in [5, 5.41) is 15.8. The second-order valence-electron chi connectivity index (χ2n) is 5.66. The summed E-state index contributed by atoms with van der Waals surface area (Å²) in [6.45, 7) is 0.0793. The van der Waals surface area contributed by atoms with Gasteiger partial charge in [0, 0.05) is 35.1 Å². The van der Waals surface area contributed by atoms with Gasteiger partial charge in [-0.3, -0.25) is 24.6 Å². The molecule has 0 atom stereocenters. The van der Waals surface area contributed by atoms with Gasteiger partial charge < -0.3 is 10.1 Å². The molecule has 10 heteroatoms. The number of nitrogens with zero attached hydrogens (tertiary/aromatic N) is 2. The Balaban J connectivity index is 1.53. The Labute approximate surface area is 163 Å². The first-order valence-electron chi connectivity index (χ1n) is 8.13. The smallest absolute Gasteiger partial charge is 0.271 e. The number of carbonyl (C=O) groups excluding carboxylic acids is 2. The number of anilines is 1. The lowest BCUT2D eigenvalue weighted by Crippen LogP contribution is -2.45. The number of nitro groups is 1. The van der Waals surface area contributed by atoms with Gasteiger partial charge in [0.1, 0.15) is 12.3 Å². The predicted octanol–water partition coefficient (Wildman–Crippen LogP) is 2.43. The van der Waals surface area contributed by atoms with Crippen LogP contribution in [0.2, 0.25) is 0 Å². The molecule has 1 aliphatic rings. The molecule has 0 fully saturated rings. The van der Waals surface area contributed by atoms with E-state index in [-0.39, 0.29) is 30.4 Å². The van der Waals surface area contributed by atoms with Crippen LogP contribution in [-0.2, 0) is 15.3 Å². The van der Waals surface area contributed by atoms with E-state index in [1.54, 1.807) is 23.1 Å². The van der Waals surface area contributed by atoms with Crippen LogP contribution in [0, 0.1) is 10.1 Å². The normalized spacial score (nSPS) is 13.0. The van der Waals surface area contributed by atoms with Crippen molar-refractivity contribution < 1.29 is 19.2 Å². The summed E-state index contributed by atoms with van der Waals surface area (Å²) in [6, 6.07) is 8.06. The van der Waals surface area contributed by atoms with E-state index < -0.39 is 10.8 Å². The molecule has 1 aliphatic heterocycles. The molecule has 0 unspecified atom stereocenters. The molecule has 3 rings (SSSR count). The van der Waals surface area contributed by atoms with Gasteiger partial charge in [0.15, 0.2) is 6.61 Å². The van der Waals surface area contributed by atoms with Gasteiger partial charge in [-0.2, -0.15) is 11.8 Å². The lowest BCUT2D eigenvalue weighted by atomic mass is 10.2. The van der Waals surface area contributed by atoms with Gasteiger partial charge in [-0.15, -0.1) is 11.3 Å². The van der Waals surface area contributed by atoms with Crippen LogP contribution < -0.4 is 15.0 Å². The Morgan fingerprint density at radius 1 is 1.41 bits per heavy atom. The van der Waals surface area contributed by atoms with E-state index >= 15 is 0 Å². The molecular formula is C17H17N3O5S2. The summed E-state index contributed by atoms with van der Waals surface area (Å²) < 4.78 is 5.28. The van der Waals surface area contributed by atoms with Crippen molar-refractivity contribution in [1.29, 1.82) is 0 Å². The number of ether oxygens (including phenoxy) is 1. The Bertz CT molecular complexity index is 841. The number of hydrogen-bond acceptors (Lipinski definition) is 7. The monoisotopic (exact) mass is 407 g/mol. The van der Waals surface area contributed by atoms with Gasteiger partial charge in [-0.05, 0) is 17.5 Å². The lowest BCUT2D eigenvalue weighted by molar-refractivity contribution is -0.384. The predicted molar refractivity (Wildman–Crippen MR) is 104 cm³/mol. The molecule has 0 spiro atoms. The van der Waals surface area contributed by atoms with Crippen LogP contribution in [-0.4, -0.2) is 42.2 Å². The van der Waals surface area contributed by atoms with Gasteiger partial charge in [-0.1, -0.05) is 6.07 Å². The Kier molecular flexibility index (Phi) is 6.30. The van der Waals surface area contributed by atoms with Crippen LogP contribution in [0.3, 0.4) is 0 Å². The van der Waals surface area contributed by atoms with Crippen molar-refractivity contribution in [1.82, 2.24) is 5.32 Å². The number of rotatable bonds is 8. The molecule has 1 aromatic carbocycles. The summed E-state index contributed by atoms with van der Waals surface area (Å²) in [4.78, 5) is 37.2. The van der Waals surface area contributed by atoms with Gasteiger partial charge in [-0.25, -0.2) is 0 Å². The van der Waals surface area contributed by atoms with Crippen molar-refractivity contribution in [2.45, 2.75) is 5.75 Å². The number of carbonyl (C=O) groups is 2. The van der Waals surface area contributed by atoms with Crippen molar-refractivity contribution in [2.75, 3.05) is 30.3 Å². The van der Waals surface area contributed by atoms with E-state index in [0.717, 1.165) is 11.5 Å². The molecule has 1 N–H and O–H groups in total. The first kappa shape index (κ1) is 19.2. The molecule has 0 saturated carbocycles. The molecule has 0 aliphatic carbocycles. The topological polar surface area (TPSA) is 102 Å². The minimum Gasteiger partial charge on any atom is -0.482 e. The van der Waals surface area contributed by atoms with Crippen molar-refractivity contribution in [3.05, 3.63) is 50.7 Å². The fourth-order valence-corrected chi connectivity index (χ4v) is 4.21. The van der Waals surface area contributed by atoms with Crippen molar-refractivity contribution in [3.63, 3.8) is 0 Å². The van der Waals surface area contributed by atoms with Gasteiger partial charge >= 0.3 is 0 Å². The maximum atomic E-state index is 12.2. The third-order valence-corrected chi connectivity index (χ3v) is 5.86. The van der Waals surface area contributed by atoms with Gasteiger partial charge in [0.05, 0.1) is 10.6 Å². The molecule has 1 aromatic heterocycles. The zero-order valence-corrected chi connectivity index (χ0v) is 15.9. The highest BCUT2D eigenvalue weighted by atomic mass is 32.2. The number of benzene rings is 1. The zero-order chi connectivity index (χ0) is 19.2. The standard InChI is InChI=1S/C17H17N3O5S2/c21-16(18-5-7-26-11-13-2-1-6-27-13)9-19-14-8-12(20(23)24)3-4-15(14)25-10-17(19)22/h1-4,6,8H,5,7,9-11H2,(H,18,21). The Morgan fingerprint density at radius 3 is 3.00 bits per heavy atom. The number of hydrogen-bond donors (Lipinski definition) is 1. The fraction of sp³-hybridized carbons (Fsp3) is 0.294. The molecule has 0 bridgehead atoms. The quantitative estimate of drug-likeness (QED) is 0.410. The van der Waals surface area contributed by atoms with Gasteiger partial charge in [0.25, 0.3) is 11.6 Å². The minimum atomic E-state index is -0.553. The molecule has 142 valence electrons.